The van der Waals surface area contributed by atoms with Gasteiger partial charge in [0, 0.05) is 12.3 Å². The number of fused-ring (bicyclic) bond motifs is 1. The zero-order valence-electron chi connectivity index (χ0n) is 6.38. The maximum atomic E-state index is 11.1. The number of H-pyrrole nitrogens is 3. The van der Waals surface area contributed by atoms with Crippen molar-refractivity contribution in [2.45, 2.75) is 0 Å². The lowest BCUT2D eigenvalue weighted by molar-refractivity contribution is 1.07. The first-order valence-corrected chi connectivity index (χ1v) is 3.52. The molecule has 0 aliphatic rings. The van der Waals surface area contributed by atoms with Crippen molar-refractivity contribution in [1.29, 1.82) is 0 Å². The molecule has 2 aromatic rings. The highest BCUT2D eigenvalue weighted by Crippen LogP contribution is 1.95. The van der Waals surface area contributed by atoms with Crippen LogP contribution < -0.4 is 16.8 Å². The van der Waals surface area contributed by atoms with E-state index in [2.05, 4.69) is 9.97 Å². The Morgan fingerprint density at radius 3 is 2.62 bits per heavy atom. The van der Waals surface area contributed by atoms with E-state index in [4.69, 9.17) is 0 Å². The zero-order chi connectivity index (χ0) is 9.42. The van der Waals surface area contributed by atoms with Crippen LogP contribution in [0, 0.1) is 0 Å². The summed E-state index contributed by atoms with van der Waals surface area (Å²) in [5, 5.41) is 0.249. The number of aromatic amines is 3. The molecule has 3 N–H and O–H groups in total. The zero-order valence-corrected chi connectivity index (χ0v) is 6.38. The third-order valence-electron chi connectivity index (χ3n) is 1.64. The molecule has 0 atom stereocenters. The predicted molar refractivity (Wildman–Crippen MR) is 45.8 cm³/mol. The first-order valence-electron chi connectivity index (χ1n) is 3.52. The van der Waals surface area contributed by atoms with Crippen LogP contribution in [0.3, 0.4) is 0 Å². The molecule has 0 amide bonds. The molecule has 6 nitrogen and oxygen atoms in total. The number of aromatic nitrogens is 3. The van der Waals surface area contributed by atoms with Crippen LogP contribution in [-0.2, 0) is 0 Å². The average molecular weight is 179 g/mol. The molecule has 0 saturated carbocycles. The van der Waals surface area contributed by atoms with Crippen molar-refractivity contribution >= 4 is 10.9 Å². The largest absolute Gasteiger partial charge is 0.328 e. The predicted octanol–water partition coefficient (Wildman–Crippen LogP) is -1.10. The van der Waals surface area contributed by atoms with Gasteiger partial charge in [0.15, 0.2) is 0 Å². The van der Waals surface area contributed by atoms with Crippen LogP contribution in [0.5, 0.6) is 0 Å². The van der Waals surface area contributed by atoms with Crippen LogP contribution in [-0.4, -0.2) is 15.0 Å². The van der Waals surface area contributed by atoms with Crippen LogP contribution in [0.25, 0.3) is 10.9 Å². The highest BCUT2D eigenvalue weighted by Gasteiger charge is 1.99. The summed E-state index contributed by atoms with van der Waals surface area (Å²) in [6.45, 7) is 0. The van der Waals surface area contributed by atoms with Gasteiger partial charge in [-0.15, -0.1) is 0 Å². The van der Waals surface area contributed by atoms with Crippen molar-refractivity contribution in [2.75, 3.05) is 0 Å². The molecule has 0 radical (unpaired) electrons. The molecule has 2 heterocycles. The van der Waals surface area contributed by atoms with Gasteiger partial charge < -0.3 is 9.97 Å². The van der Waals surface area contributed by atoms with E-state index in [1.165, 1.54) is 6.20 Å². The molecule has 2 rings (SSSR count). The summed E-state index contributed by atoms with van der Waals surface area (Å²) in [6, 6.07) is 1.16. The standard InChI is InChI=1S/C7H5N3O3/c11-5-1-4-3(2-8-5)6(12)10-7(13)9-4/h1-2H,(H,8,11)(H2,9,10,12,13). The number of hydrogen-bond donors (Lipinski definition) is 3. The average Bonchev–Trinajstić information content (AvgIpc) is 2.02. The Morgan fingerprint density at radius 2 is 1.85 bits per heavy atom. The van der Waals surface area contributed by atoms with Gasteiger partial charge in [-0.1, -0.05) is 0 Å². The van der Waals surface area contributed by atoms with E-state index in [-0.39, 0.29) is 16.5 Å². The number of nitrogens with one attached hydrogen (secondary N) is 3. The van der Waals surface area contributed by atoms with E-state index in [0.29, 0.717) is 0 Å². The summed E-state index contributed by atoms with van der Waals surface area (Å²) in [6.07, 6.45) is 1.26. The highest BCUT2D eigenvalue weighted by atomic mass is 16.2. The summed E-state index contributed by atoms with van der Waals surface area (Å²) in [4.78, 5) is 39.4. The maximum absolute atomic E-state index is 11.1. The fourth-order valence-corrected chi connectivity index (χ4v) is 1.09. The van der Waals surface area contributed by atoms with Crippen molar-refractivity contribution in [2.24, 2.45) is 0 Å². The summed E-state index contributed by atoms with van der Waals surface area (Å²) < 4.78 is 0. The quantitative estimate of drug-likeness (QED) is 0.479. The molecule has 0 aliphatic carbocycles. The van der Waals surface area contributed by atoms with Crippen molar-refractivity contribution in [3.8, 4) is 0 Å². The third-order valence-corrected chi connectivity index (χ3v) is 1.64. The lowest BCUT2D eigenvalue weighted by Crippen LogP contribution is -2.23. The van der Waals surface area contributed by atoms with Crippen LogP contribution in [0.2, 0.25) is 0 Å². The maximum Gasteiger partial charge on any atom is 0.326 e. The van der Waals surface area contributed by atoms with Crippen molar-refractivity contribution in [3.63, 3.8) is 0 Å². The minimum atomic E-state index is -0.622. The topological polar surface area (TPSA) is 98.6 Å². The van der Waals surface area contributed by atoms with E-state index in [1.54, 1.807) is 0 Å². The summed E-state index contributed by atoms with van der Waals surface area (Å²) in [5.41, 5.74) is -1.27. The van der Waals surface area contributed by atoms with Gasteiger partial charge in [-0.05, 0) is 0 Å². The van der Waals surface area contributed by atoms with E-state index in [0.717, 1.165) is 6.07 Å². The van der Waals surface area contributed by atoms with Crippen LogP contribution in [0.4, 0.5) is 0 Å². The molecular formula is C7H5N3O3. The van der Waals surface area contributed by atoms with Gasteiger partial charge in [-0.2, -0.15) is 0 Å². The first kappa shape index (κ1) is 7.53. The Labute approximate surface area is 70.3 Å². The summed E-state index contributed by atoms with van der Waals surface area (Å²) >= 11 is 0. The van der Waals surface area contributed by atoms with E-state index < -0.39 is 11.2 Å². The van der Waals surface area contributed by atoms with Crippen LogP contribution >= 0.6 is 0 Å². The Bertz CT molecular complexity index is 614. The molecule has 0 aromatic carbocycles. The molecule has 13 heavy (non-hydrogen) atoms. The lowest BCUT2D eigenvalue weighted by Gasteiger charge is -1.92. The lowest BCUT2D eigenvalue weighted by atomic mass is 10.3. The van der Waals surface area contributed by atoms with Crippen LogP contribution in [0.1, 0.15) is 0 Å². The third kappa shape index (κ3) is 1.18. The van der Waals surface area contributed by atoms with Gasteiger partial charge in [-0.25, -0.2) is 4.79 Å². The van der Waals surface area contributed by atoms with Crippen molar-refractivity contribution in [1.82, 2.24) is 15.0 Å². The second kappa shape index (κ2) is 2.44. The van der Waals surface area contributed by atoms with Gasteiger partial charge in [-0.3, -0.25) is 14.6 Å². The second-order valence-corrected chi connectivity index (χ2v) is 2.53. The molecule has 6 heteroatoms. The minimum absolute atomic E-state index is 0.234. The molecule has 66 valence electrons. The Hall–Kier alpha value is -2.11. The SMILES string of the molecule is O=c1cc2[nH]c(=O)[nH]c(=O)c2c[nH]1. The van der Waals surface area contributed by atoms with Gasteiger partial charge in [0.05, 0.1) is 10.9 Å². The monoisotopic (exact) mass is 179 g/mol. The summed E-state index contributed by atoms with van der Waals surface area (Å²) in [5.74, 6) is 0. The van der Waals surface area contributed by atoms with Crippen molar-refractivity contribution in [3.05, 3.63) is 43.5 Å². The van der Waals surface area contributed by atoms with E-state index >= 15 is 0 Å². The normalized spacial score (nSPS) is 10.5. The second-order valence-electron chi connectivity index (χ2n) is 2.53. The van der Waals surface area contributed by atoms with Gasteiger partial charge in [0.25, 0.3) is 5.56 Å². The number of rotatable bonds is 0. The fourth-order valence-electron chi connectivity index (χ4n) is 1.09. The Morgan fingerprint density at radius 1 is 1.08 bits per heavy atom. The molecular weight excluding hydrogens is 174 g/mol. The first-order chi connectivity index (χ1) is 6.16. The molecule has 0 spiro atoms. The molecule has 0 saturated heterocycles. The van der Waals surface area contributed by atoms with Crippen molar-refractivity contribution < 1.29 is 0 Å². The summed E-state index contributed by atoms with van der Waals surface area (Å²) in [7, 11) is 0. The molecule has 2 aromatic heterocycles. The van der Waals surface area contributed by atoms with Gasteiger partial charge in [0.2, 0.25) is 5.56 Å². The highest BCUT2D eigenvalue weighted by molar-refractivity contribution is 5.75. The molecule has 0 aliphatic heterocycles. The molecule has 0 unspecified atom stereocenters. The van der Waals surface area contributed by atoms with E-state index in [9.17, 15) is 14.4 Å². The Balaban J connectivity index is 3.12. The Kier molecular flexibility index (Phi) is 1.42. The van der Waals surface area contributed by atoms with Gasteiger partial charge >= 0.3 is 5.69 Å². The number of hydrogen-bond acceptors (Lipinski definition) is 3. The smallest absolute Gasteiger partial charge is 0.326 e. The molecule has 0 bridgehead atoms. The number of pyridine rings is 1. The van der Waals surface area contributed by atoms with Gasteiger partial charge in [0.1, 0.15) is 0 Å². The van der Waals surface area contributed by atoms with E-state index in [1.807, 2.05) is 4.98 Å². The molecule has 0 fully saturated rings. The fraction of sp³-hybridized carbons (Fsp3) is 0. The van der Waals surface area contributed by atoms with Crippen LogP contribution in [0.15, 0.2) is 26.6 Å². The minimum Gasteiger partial charge on any atom is -0.328 e.